The Labute approximate surface area is 181 Å². The van der Waals surface area contributed by atoms with Gasteiger partial charge in [-0.25, -0.2) is 4.98 Å². The molecule has 0 amide bonds. The van der Waals surface area contributed by atoms with Crippen LogP contribution in [0.25, 0.3) is 16.2 Å². The Kier molecular flexibility index (Phi) is 5.63. The molecule has 5 heteroatoms. The molecule has 4 rings (SSSR count). The van der Waals surface area contributed by atoms with E-state index in [1.54, 1.807) is 18.4 Å². The van der Waals surface area contributed by atoms with Gasteiger partial charge in [0.2, 0.25) is 0 Å². The summed E-state index contributed by atoms with van der Waals surface area (Å²) in [6.07, 6.45) is 2.04. The lowest BCUT2D eigenvalue weighted by Gasteiger charge is -2.22. The number of thiophene rings is 1. The zero-order valence-corrected chi connectivity index (χ0v) is 18.5. The first-order valence-corrected chi connectivity index (χ1v) is 10.7. The van der Waals surface area contributed by atoms with Gasteiger partial charge in [-0.1, -0.05) is 30.0 Å². The van der Waals surface area contributed by atoms with E-state index in [0.29, 0.717) is 6.61 Å². The number of rotatable bonds is 4. The molecule has 1 aromatic carbocycles. The lowest BCUT2D eigenvalue weighted by Crippen LogP contribution is -2.27. The largest absolute Gasteiger partial charge is 0.380 e. The molecule has 0 saturated carbocycles. The highest BCUT2D eigenvalue weighted by atomic mass is 32.1. The number of imidazole rings is 1. The van der Waals surface area contributed by atoms with Crippen LogP contribution in [-0.2, 0) is 11.3 Å². The Balaban J connectivity index is 1.67. The Hall–Kier alpha value is -3.07. The van der Waals surface area contributed by atoms with Gasteiger partial charge >= 0.3 is 0 Å². The molecule has 0 aliphatic rings. The van der Waals surface area contributed by atoms with Crippen LogP contribution in [0.5, 0.6) is 0 Å². The standard InChI is InChI=1S/C25H25N3OS/c1-25(2,3)27-24-23(26-22-10-5-6-15-28(22)24)21-14-13-20(30-21)12-11-18-8-7-9-19(16-18)17-29-4/h5-10,13-16,27H,17H2,1-4H3. The summed E-state index contributed by atoms with van der Waals surface area (Å²) < 4.78 is 7.31. The molecule has 0 saturated heterocycles. The monoisotopic (exact) mass is 415 g/mol. The molecule has 3 aromatic heterocycles. The minimum atomic E-state index is -0.0757. The van der Waals surface area contributed by atoms with Gasteiger partial charge in [0.25, 0.3) is 0 Å². The van der Waals surface area contributed by atoms with Gasteiger partial charge in [-0.05, 0) is 62.7 Å². The van der Waals surface area contributed by atoms with E-state index in [0.717, 1.165) is 38.0 Å². The predicted molar refractivity (Wildman–Crippen MR) is 125 cm³/mol. The molecule has 152 valence electrons. The first kappa shape index (κ1) is 20.2. The van der Waals surface area contributed by atoms with Crippen LogP contribution < -0.4 is 5.32 Å². The number of hydrogen-bond donors (Lipinski definition) is 1. The fourth-order valence-electron chi connectivity index (χ4n) is 3.21. The van der Waals surface area contributed by atoms with Crippen molar-refractivity contribution in [2.24, 2.45) is 0 Å². The van der Waals surface area contributed by atoms with Crippen molar-refractivity contribution in [3.63, 3.8) is 0 Å². The number of aromatic nitrogens is 2. The Bertz CT molecular complexity index is 1230. The first-order chi connectivity index (χ1) is 14.4. The molecular formula is C25H25N3OS. The average molecular weight is 416 g/mol. The summed E-state index contributed by atoms with van der Waals surface area (Å²) in [6.45, 7) is 7.06. The number of nitrogens with zero attached hydrogens (tertiary/aromatic N) is 2. The summed E-state index contributed by atoms with van der Waals surface area (Å²) in [5.41, 5.74) is 3.92. The maximum absolute atomic E-state index is 5.21. The highest BCUT2D eigenvalue weighted by molar-refractivity contribution is 7.16. The van der Waals surface area contributed by atoms with Crippen molar-refractivity contribution >= 4 is 22.8 Å². The van der Waals surface area contributed by atoms with E-state index in [1.165, 1.54) is 0 Å². The third-order valence-electron chi connectivity index (χ3n) is 4.43. The quantitative estimate of drug-likeness (QED) is 0.427. The number of nitrogens with one attached hydrogen (secondary N) is 1. The maximum atomic E-state index is 5.21. The number of benzene rings is 1. The summed E-state index contributed by atoms with van der Waals surface area (Å²) >= 11 is 1.66. The summed E-state index contributed by atoms with van der Waals surface area (Å²) in [4.78, 5) is 6.99. The minimum absolute atomic E-state index is 0.0757. The van der Waals surface area contributed by atoms with E-state index in [4.69, 9.17) is 9.72 Å². The number of pyridine rings is 1. The summed E-state index contributed by atoms with van der Waals surface area (Å²) in [6, 6.07) is 18.4. The Morgan fingerprint density at radius 2 is 1.93 bits per heavy atom. The summed E-state index contributed by atoms with van der Waals surface area (Å²) in [5, 5.41) is 3.62. The van der Waals surface area contributed by atoms with Gasteiger partial charge in [0, 0.05) is 24.4 Å². The molecule has 0 atom stereocenters. The number of anilines is 1. The number of methoxy groups -OCH3 is 1. The topological polar surface area (TPSA) is 38.6 Å². The van der Waals surface area contributed by atoms with E-state index in [2.05, 4.69) is 60.5 Å². The van der Waals surface area contributed by atoms with Crippen molar-refractivity contribution in [3.05, 3.63) is 76.8 Å². The van der Waals surface area contributed by atoms with Gasteiger partial charge in [-0.2, -0.15) is 0 Å². The van der Waals surface area contributed by atoms with Gasteiger partial charge in [0.15, 0.2) is 0 Å². The van der Waals surface area contributed by atoms with Crippen molar-refractivity contribution in [3.8, 4) is 22.4 Å². The highest BCUT2D eigenvalue weighted by Crippen LogP contribution is 2.35. The van der Waals surface area contributed by atoms with Gasteiger partial charge in [-0.3, -0.25) is 4.40 Å². The van der Waals surface area contributed by atoms with E-state index >= 15 is 0 Å². The van der Waals surface area contributed by atoms with Crippen LogP contribution in [0.4, 0.5) is 5.82 Å². The first-order valence-electron chi connectivity index (χ1n) is 9.88. The highest BCUT2D eigenvalue weighted by Gasteiger charge is 2.20. The molecular weight excluding hydrogens is 390 g/mol. The van der Waals surface area contributed by atoms with Crippen LogP contribution >= 0.6 is 11.3 Å². The molecule has 4 nitrogen and oxygen atoms in total. The molecule has 1 N–H and O–H groups in total. The van der Waals surface area contributed by atoms with Crippen molar-refractivity contribution in [2.45, 2.75) is 32.9 Å². The number of fused-ring (bicyclic) bond motifs is 1. The van der Waals surface area contributed by atoms with Crippen LogP contribution in [0.2, 0.25) is 0 Å². The molecule has 0 bridgehead atoms. The van der Waals surface area contributed by atoms with Crippen LogP contribution in [0, 0.1) is 11.8 Å². The fraction of sp³-hybridized carbons (Fsp3) is 0.240. The lowest BCUT2D eigenvalue weighted by molar-refractivity contribution is 0.185. The predicted octanol–water partition coefficient (Wildman–Crippen LogP) is 5.82. The second-order valence-electron chi connectivity index (χ2n) is 8.16. The zero-order valence-electron chi connectivity index (χ0n) is 17.7. The number of ether oxygens (including phenoxy) is 1. The van der Waals surface area contributed by atoms with Gasteiger partial charge in [0.1, 0.15) is 17.2 Å². The van der Waals surface area contributed by atoms with Crippen LogP contribution in [0.3, 0.4) is 0 Å². The second kappa shape index (κ2) is 8.35. The lowest BCUT2D eigenvalue weighted by atomic mass is 10.1. The molecule has 4 aromatic rings. The van der Waals surface area contributed by atoms with Crippen molar-refractivity contribution in [1.82, 2.24) is 9.38 Å². The normalized spacial score (nSPS) is 11.3. The van der Waals surface area contributed by atoms with Gasteiger partial charge in [-0.15, -0.1) is 11.3 Å². The third-order valence-corrected chi connectivity index (χ3v) is 5.44. The van der Waals surface area contributed by atoms with Crippen molar-refractivity contribution < 1.29 is 4.74 Å². The van der Waals surface area contributed by atoms with Crippen LogP contribution in [0.15, 0.2) is 60.8 Å². The van der Waals surface area contributed by atoms with Crippen LogP contribution in [-0.4, -0.2) is 22.0 Å². The molecule has 30 heavy (non-hydrogen) atoms. The van der Waals surface area contributed by atoms with E-state index in [9.17, 15) is 0 Å². The van der Waals surface area contributed by atoms with Crippen LogP contribution in [0.1, 0.15) is 36.8 Å². The summed E-state index contributed by atoms with van der Waals surface area (Å²) in [7, 11) is 1.70. The average Bonchev–Trinajstić information content (AvgIpc) is 3.31. The van der Waals surface area contributed by atoms with Crippen molar-refractivity contribution in [1.29, 1.82) is 0 Å². The molecule has 0 aliphatic carbocycles. The van der Waals surface area contributed by atoms with Crippen molar-refractivity contribution in [2.75, 3.05) is 12.4 Å². The van der Waals surface area contributed by atoms with E-state index < -0.39 is 0 Å². The molecule has 0 unspecified atom stereocenters. The molecule has 0 spiro atoms. The second-order valence-corrected chi connectivity index (χ2v) is 9.24. The fourth-order valence-corrected chi connectivity index (χ4v) is 4.06. The molecule has 3 heterocycles. The maximum Gasteiger partial charge on any atom is 0.140 e. The Morgan fingerprint density at radius 1 is 1.07 bits per heavy atom. The molecule has 0 radical (unpaired) electrons. The molecule has 0 aliphatic heterocycles. The number of hydrogen-bond acceptors (Lipinski definition) is 4. The minimum Gasteiger partial charge on any atom is -0.380 e. The van der Waals surface area contributed by atoms with E-state index in [1.807, 2.05) is 42.6 Å². The smallest absolute Gasteiger partial charge is 0.140 e. The van der Waals surface area contributed by atoms with Gasteiger partial charge in [0.05, 0.1) is 16.4 Å². The molecule has 0 fully saturated rings. The van der Waals surface area contributed by atoms with Gasteiger partial charge < -0.3 is 10.1 Å². The van der Waals surface area contributed by atoms with E-state index in [-0.39, 0.29) is 5.54 Å². The SMILES string of the molecule is COCc1cccc(C#Cc2ccc(-c3nc4ccccn4c3NC(C)(C)C)s2)c1. The third kappa shape index (κ3) is 4.56. The summed E-state index contributed by atoms with van der Waals surface area (Å²) in [5.74, 6) is 7.57. The zero-order chi connectivity index (χ0) is 21.1. The Morgan fingerprint density at radius 3 is 2.73 bits per heavy atom.